The topological polar surface area (TPSA) is 71.3 Å². The summed E-state index contributed by atoms with van der Waals surface area (Å²) in [7, 11) is 0. The fraction of sp³-hybridized carbons (Fsp3) is 0.348. The van der Waals surface area contributed by atoms with E-state index in [1.165, 1.54) is 0 Å². The minimum Gasteiger partial charge on any atom is -0.338 e. The summed E-state index contributed by atoms with van der Waals surface area (Å²) in [6.07, 6.45) is 2.76. The lowest BCUT2D eigenvalue weighted by Gasteiger charge is -2.31. The van der Waals surface area contributed by atoms with Crippen LogP contribution in [0.15, 0.2) is 57.5 Å². The number of likely N-dealkylation sites (tertiary alicyclic amines) is 1. The van der Waals surface area contributed by atoms with E-state index in [1.807, 2.05) is 42.5 Å². The predicted molar refractivity (Wildman–Crippen MR) is 120 cm³/mol. The number of carbonyl (C=O) groups is 1. The van der Waals surface area contributed by atoms with Crippen LogP contribution in [-0.4, -0.2) is 34.0 Å². The van der Waals surface area contributed by atoms with Crippen molar-refractivity contribution in [3.8, 4) is 11.4 Å². The first-order chi connectivity index (χ1) is 14.6. The number of nitrogens with one attached hydrogen (secondary N) is 1. The number of benzene rings is 2. The summed E-state index contributed by atoms with van der Waals surface area (Å²) in [4.78, 5) is 19.6. The third-order valence-corrected chi connectivity index (χ3v) is 5.99. The van der Waals surface area contributed by atoms with E-state index in [4.69, 9.17) is 4.52 Å². The van der Waals surface area contributed by atoms with E-state index in [0.717, 1.165) is 47.1 Å². The molecule has 0 bridgehead atoms. The van der Waals surface area contributed by atoms with Crippen molar-refractivity contribution in [1.82, 2.24) is 15.0 Å². The molecule has 0 saturated carbocycles. The van der Waals surface area contributed by atoms with E-state index in [2.05, 4.69) is 49.3 Å². The summed E-state index contributed by atoms with van der Waals surface area (Å²) < 4.78 is 6.47. The van der Waals surface area contributed by atoms with Gasteiger partial charge in [-0.15, -0.1) is 0 Å². The van der Waals surface area contributed by atoms with Gasteiger partial charge in [0.2, 0.25) is 17.6 Å². The maximum atomic E-state index is 12.9. The average Bonchev–Trinajstić information content (AvgIpc) is 3.23. The number of piperidine rings is 1. The molecule has 3 aromatic rings. The third kappa shape index (κ3) is 4.96. The van der Waals surface area contributed by atoms with Gasteiger partial charge in [0.15, 0.2) is 0 Å². The number of amides is 1. The molecule has 2 aromatic carbocycles. The normalized spacial score (nSPS) is 17.1. The van der Waals surface area contributed by atoms with Crippen molar-refractivity contribution < 1.29 is 9.32 Å². The summed E-state index contributed by atoms with van der Waals surface area (Å²) in [5.41, 5.74) is 2.99. The molecule has 4 rings (SSSR count). The Labute approximate surface area is 184 Å². The SMILES string of the molecule is CCc1ccccc1NC(=O)C1CCCN(Cc2nc(-c3ccc(Br)cc3)no2)C1. The number of halogens is 1. The van der Waals surface area contributed by atoms with Gasteiger partial charge in [-0.25, -0.2) is 0 Å². The summed E-state index contributed by atoms with van der Waals surface area (Å²) >= 11 is 3.43. The van der Waals surface area contributed by atoms with Crippen LogP contribution in [0, 0.1) is 5.92 Å². The Balaban J connectivity index is 1.37. The number of hydrogen-bond acceptors (Lipinski definition) is 5. The molecule has 156 valence electrons. The fourth-order valence-electron chi connectivity index (χ4n) is 3.83. The van der Waals surface area contributed by atoms with E-state index in [0.29, 0.717) is 24.8 Å². The van der Waals surface area contributed by atoms with Crippen LogP contribution < -0.4 is 5.32 Å². The molecule has 1 amide bonds. The van der Waals surface area contributed by atoms with Crippen molar-refractivity contribution in [3.63, 3.8) is 0 Å². The molecule has 1 saturated heterocycles. The Kier molecular flexibility index (Phi) is 6.59. The van der Waals surface area contributed by atoms with Crippen molar-refractivity contribution in [2.45, 2.75) is 32.7 Å². The number of carbonyl (C=O) groups excluding carboxylic acids is 1. The van der Waals surface area contributed by atoms with Gasteiger partial charge in [-0.1, -0.05) is 46.2 Å². The molecule has 1 atom stereocenters. The van der Waals surface area contributed by atoms with Crippen molar-refractivity contribution in [2.24, 2.45) is 5.92 Å². The second-order valence-corrected chi connectivity index (χ2v) is 8.51. The molecular weight excluding hydrogens is 444 g/mol. The Morgan fingerprint density at radius 2 is 2.03 bits per heavy atom. The van der Waals surface area contributed by atoms with Gasteiger partial charge in [-0.3, -0.25) is 9.69 Å². The standard InChI is InChI=1S/C23H25BrN4O2/c1-2-16-6-3-4-8-20(16)25-23(29)18-7-5-13-28(14-18)15-21-26-22(27-30-21)17-9-11-19(24)12-10-17/h3-4,6,8-12,18H,2,5,7,13-15H2,1H3,(H,25,29). The van der Waals surface area contributed by atoms with E-state index in [1.54, 1.807) is 0 Å². The number of rotatable bonds is 6. The van der Waals surface area contributed by atoms with Crippen LogP contribution in [-0.2, 0) is 17.8 Å². The molecule has 1 unspecified atom stereocenters. The maximum absolute atomic E-state index is 12.9. The Morgan fingerprint density at radius 3 is 2.83 bits per heavy atom. The zero-order valence-corrected chi connectivity index (χ0v) is 18.6. The second kappa shape index (κ2) is 9.53. The van der Waals surface area contributed by atoms with Gasteiger partial charge >= 0.3 is 0 Å². The summed E-state index contributed by atoms with van der Waals surface area (Å²) in [5, 5.41) is 7.23. The van der Waals surface area contributed by atoms with Gasteiger partial charge in [-0.2, -0.15) is 4.98 Å². The lowest BCUT2D eigenvalue weighted by atomic mass is 9.96. The van der Waals surface area contributed by atoms with Gasteiger partial charge in [0.05, 0.1) is 12.5 Å². The molecule has 0 spiro atoms. The number of anilines is 1. The van der Waals surface area contributed by atoms with Crippen LogP contribution in [0.25, 0.3) is 11.4 Å². The number of aryl methyl sites for hydroxylation is 1. The van der Waals surface area contributed by atoms with Crippen LogP contribution in [0.2, 0.25) is 0 Å². The minimum absolute atomic E-state index is 0.0440. The zero-order chi connectivity index (χ0) is 20.9. The molecule has 1 aliphatic heterocycles. The van der Waals surface area contributed by atoms with Crippen LogP contribution in [0.1, 0.15) is 31.2 Å². The molecule has 2 heterocycles. The van der Waals surface area contributed by atoms with Crippen molar-refractivity contribution in [3.05, 3.63) is 64.5 Å². The minimum atomic E-state index is -0.0440. The Hall–Kier alpha value is -2.51. The summed E-state index contributed by atoms with van der Waals surface area (Å²) in [5.74, 6) is 1.20. The van der Waals surface area contributed by atoms with Crippen molar-refractivity contribution in [2.75, 3.05) is 18.4 Å². The molecule has 0 radical (unpaired) electrons. The fourth-order valence-corrected chi connectivity index (χ4v) is 4.09. The highest BCUT2D eigenvalue weighted by Crippen LogP contribution is 2.23. The molecule has 7 heteroatoms. The molecule has 1 fully saturated rings. The number of nitrogens with zero attached hydrogens (tertiary/aromatic N) is 3. The molecule has 1 aliphatic rings. The second-order valence-electron chi connectivity index (χ2n) is 7.59. The summed E-state index contributed by atoms with van der Waals surface area (Å²) in [6, 6.07) is 15.8. The van der Waals surface area contributed by atoms with Crippen LogP contribution >= 0.6 is 15.9 Å². The Bertz CT molecular complexity index is 1000. The molecule has 1 aromatic heterocycles. The van der Waals surface area contributed by atoms with Gasteiger partial charge in [0, 0.05) is 22.3 Å². The Morgan fingerprint density at radius 1 is 1.23 bits per heavy atom. The lowest BCUT2D eigenvalue weighted by Crippen LogP contribution is -2.40. The first-order valence-corrected chi connectivity index (χ1v) is 11.1. The molecule has 30 heavy (non-hydrogen) atoms. The van der Waals surface area contributed by atoms with Crippen LogP contribution in [0.3, 0.4) is 0 Å². The number of hydrogen-bond donors (Lipinski definition) is 1. The van der Waals surface area contributed by atoms with Crippen LogP contribution in [0.5, 0.6) is 0 Å². The van der Waals surface area contributed by atoms with E-state index >= 15 is 0 Å². The first-order valence-electron chi connectivity index (χ1n) is 10.3. The number of aromatic nitrogens is 2. The average molecular weight is 469 g/mol. The summed E-state index contributed by atoms with van der Waals surface area (Å²) in [6.45, 7) is 4.26. The predicted octanol–water partition coefficient (Wildman–Crippen LogP) is 4.91. The smallest absolute Gasteiger partial charge is 0.241 e. The van der Waals surface area contributed by atoms with Crippen LogP contribution in [0.4, 0.5) is 5.69 Å². The zero-order valence-electron chi connectivity index (χ0n) is 17.0. The van der Waals surface area contributed by atoms with Gasteiger partial charge < -0.3 is 9.84 Å². The molecule has 1 N–H and O–H groups in total. The van der Waals surface area contributed by atoms with Crippen molar-refractivity contribution in [1.29, 1.82) is 0 Å². The third-order valence-electron chi connectivity index (χ3n) is 5.46. The van der Waals surface area contributed by atoms with E-state index < -0.39 is 0 Å². The monoisotopic (exact) mass is 468 g/mol. The van der Waals surface area contributed by atoms with Gasteiger partial charge in [-0.05, 0) is 61.7 Å². The van der Waals surface area contributed by atoms with E-state index in [-0.39, 0.29) is 11.8 Å². The highest BCUT2D eigenvalue weighted by molar-refractivity contribution is 9.10. The van der Waals surface area contributed by atoms with Gasteiger partial charge in [0.1, 0.15) is 0 Å². The molecular formula is C23H25BrN4O2. The quantitative estimate of drug-likeness (QED) is 0.556. The van der Waals surface area contributed by atoms with Gasteiger partial charge in [0.25, 0.3) is 0 Å². The maximum Gasteiger partial charge on any atom is 0.241 e. The molecule has 0 aliphatic carbocycles. The van der Waals surface area contributed by atoms with E-state index in [9.17, 15) is 4.79 Å². The molecule has 6 nitrogen and oxygen atoms in total. The highest BCUT2D eigenvalue weighted by atomic mass is 79.9. The first kappa shape index (κ1) is 20.8. The largest absolute Gasteiger partial charge is 0.338 e. The van der Waals surface area contributed by atoms with Crippen molar-refractivity contribution >= 4 is 27.5 Å². The highest BCUT2D eigenvalue weighted by Gasteiger charge is 2.27. The number of para-hydroxylation sites is 1. The lowest BCUT2D eigenvalue weighted by molar-refractivity contribution is -0.121.